The van der Waals surface area contributed by atoms with Crippen LogP contribution in [0.15, 0.2) is 23.2 Å². The monoisotopic (exact) mass is 267 g/mol. The molecule has 0 bridgehead atoms. The SMILES string of the molecule is CCCNC(=NCc1ccc(F)c(CO)c1)NCC. The van der Waals surface area contributed by atoms with Crippen LogP contribution in [0.5, 0.6) is 0 Å². The Labute approximate surface area is 113 Å². The van der Waals surface area contributed by atoms with E-state index in [4.69, 9.17) is 5.11 Å². The van der Waals surface area contributed by atoms with E-state index in [1.807, 2.05) is 6.92 Å². The lowest BCUT2D eigenvalue weighted by Crippen LogP contribution is -2.37. The summed E-state index contributed by atoms with van der Waals surface area (Å²) in [6, 6.07) is 4.69. The third kappa shape index (κ3) is 5.26. The van der Waals surface area contributed by atoms with E-state index in [0.29, 0.717) is 12.1 Å². The molecule has 1 aromatic rings. The number of hydrogen-bond donors (Lipinski definition) is 3. The maximum atomic E-state index is 13.2. The number of nitrogens with one attached hydrogen (secondary N) is 2. The highest BCUT2D eigenvalue weighted by atomic mass is 19.1. The molecule has 19 heavy (non-hydrogen) atoms. The second kappa shape index (κ2) is 8.48. The average Bonchev–Trinajstić information content (AvgIpc) is 2.43. The second-order valence-electron chi connectivity index (χ2n) is 4.21. The van der Waals surface area contributed by atoms with Gasteiger partial charge in [-0.2, -0.15) is 0 Å². The molecule has 0 aliphatic carbocycles. The number of aliphatic imine (C=N–C) groups is 1. The minimum atomic E-state index is -0.383. The van der Waals surface area contributed by atoms with E-state index in [0.717, 1.165) is 31.0 Å². The van der Waals surface area contributed by atoms with Crippen molar-refractivity contribution < 1.29 is 9.50 Å². The molecular formula is C14H22FN3O. The summed E-state index contributed by atoms with van der Waals surface area (Å²) in [4.78, 5) is 4.42. The fourth-order valence-corrected chi connectivity index (χ4v) is 1.60. The topological polar surface area (TPSA) is 56.7 Å². The van der Waals surface area contributed by atoms with Gasteiger partial charge >= 0.3 is 0 Å². The molecule has 0 spiro atoms. The van der Waals surface area contributed by atoms with Crippen molar-refractivity contribution in [3.63, 3.8) is 0 Å². The summed E-state index contributed by atoms with van der Waals surface area (Å²) in [6.45, 7) is 5.90. The van der Waals surface area contributed by atoms with Gasteiger partial charge in [0, 0.05) is 18.7 Å². The lowest BCUT2D eigenvalue weighted by molar-refractivity contribution is 0.275. The molecule has 0 unspecified atom stereocenters. The summed E-state index contributed by atoms with van der Waals surface area (Å²) in [5.74, 6) is 0.366. The molecule has 0 saturated heterocycles. The quantitative estimate of drug-likeness (QED) is 0.544. The summed E-state index contributed by atoms with van der Waals surface area (Å²) >= 11 is 0. The maximum absolute atomic E-state index is 13.2. The predicted octanol–water partition coefficient (Wildman–Crippen LogP) is 1.78. The van der Waals surface area contributed by atoms with Crippen LogP contribution in [0.25, 0.3) is 0 Å². The molecule has 3 N–H and O–H groups in total. The Bertz CT molecular complexity index is 421. The summed E-state index contributed by atoms with van der Waals surface area (Å²) in [6.07, 6.45) is 1.02. The third-order valence-corrected chi connectivity index (χ3v) is 2.59. The number of benzene rings is 1. The van der Waals surface area contributed by atoms with Crippen molar-refractivity contribution in [2.75, 3.05) is 13.1 Å². The van der Waals surface area contributed by atoms with Gasteiger partial charge in [-0.05, 0) is 31.0 Å². The van der Waals surface area contributed by atoms with E-state index in [9.17, 15) is 4.39 Å². The van der Waals surface area contributed by atoms with Crippen molar-refractivity contribution in [2.24, 2.45) is 4.99 Å². The summed E-state index contributed by atoms with van der Waals surface area (Å²) in [7, 11) is 0. The molecule has 0 saturated carbocycles. The van der Waals surface area contributed by atoms with Gasteiger partial charge in [0.15, 0.2) is 5.96 Å². The van der Waals surface area contributed by atoms with Crippen molar-refractivity contribution in [1.82, 2.24) is 10.6 Å². The maximum Gasteiger partial charge on any atom is 0.191 e. The first kappa shape index (κ1) is 15.4. The molecule has 0 aliphatic heterocycles. The molecule has 0 amide bonds. The van der Waals surface area contributed by atoms with Crippen LogP contribution >= 0.6 is 0 Å². The Morgan fingerprint density at radius 1 is 1.32 bits per heavy atom. The minimum Gasteiger partial charge on any atom is -0.392 e. The molecular weight excluding hydrogens is 245 g/mol. The Kier molecular flexibility index (Phi) is 6.89. The minimum absolute atomic E-state index is 0.294. The average molecular weight is 267 g/mol. The van der Waals surface area contributed by atoms with E-state index in [2.05, 4.69) is 22.5 Å². The van der Waals surface area contributed by atoms with E-state index in [1.165, 1.54) is 6.07 Å². The molecule has 0 aliphatic rings. The van der Waals surface area contributed by atoms with Gasteiger partial charge in [0.25, 0.3) is 0 Å². The molecule has 0 fully saturated rings. The van der Waals surface area contributed by atoms with Gasteiger partial charge in [0.05, 0.1) is 13.2 Å². The Balaban J connectivity index is 2.70. The largest absolute Gasteiger partial charge is 0.392 e. The molecule has 0 atom stereocenters. The van der Waals surface area contributed by atoms with Crippen LogP contribution in [0, 0.1) is 5.82 Å². The zero-order valence-corrected chi connectivity index (χ0v) is 11.5. The Morgan fingerprint density at radius 2 is 2.11 bits per heavy atom. The molecule has 0 heterocycles. The zero-order chi connectivity index (χ0) is 14.1. The smallest absolute Gasteiger partial charge is 0.191 e. The van der Waals surface area contributed by atoms with E-state index in [-0.39, 0.29) is 12.4 Å². The normalized spacial score (nSPS) is 11.5. The van der Waals surface area contributed by atoms with Crippen LogP contribution < -0.4 is 10.6 Å². The molecule has 1 aromatic carbocycles. The van der Waals surface area contributed by atoms with Gasteiger partial charge in [0.2, 0.25) is 0 Å². The van der Waals surface area contributed by atoms with E-state index >= 15 is 0 Å². The molecule has 0 radical (unpaired) electrons. The number of halogens is 1. The van der Waals surface area contributed by atoms with Crippen LogP contribution in [0.4, 0.5) is 4.39 Å². The first-order valence-electron chi connectivity index (χ1n) is 6.61. The highest BCUT2D eigenvalue weighted by Gasteiger charge is 2.02. The van der Waals surface area contributed by atoms with Crippen molar-refractivity contribution in [3.05, 3.63) is 35.1 Å². The Morgan fingerprint density at radius 3 is 2.74 bits per heavy atom. The van der Waals surface area contributed by atoms with Gasteiger partial charge in [-0.25, -0.2) is 9.38 Å². The van der Waals surface area contributed by atoms with Crippen LogP contribution in [-0.4, -0.2) is 24.2 Å². The fourth-order valence-electron chi connectivity index (χ4n) is 1.60. The second-order valence-corrected chi connectivity index (χ2v) is 4.21. The predicted molar refractivity (Wildman–Crippen MR) is 75.4 cm³/mol. The van der Waals surface area contributed by atoms with Crippen LogP contribution in [0.1, 0.15) is 31.4 Å². The molecule has 1 rings (SSSR count). The van der Waals surface area contributed by atoms with Crippen molar-refractivity contribution >= 4 is 5.96 Å². The number of rotatable bonds is 6. The van der Waals surface area contributed by atoms with Gasteiger partial charge in [-0.15, -0.1) is 0 Å². The number of guanidine groups is 1. The summed E-state index contributed by atoms with van der Waals surface area (Å²) in [5, 5.41) is 15.4. The van der Waals surface area contributed by atoms with Crippen LogP contribution in [0.3, 0.4) is 0 Å². The van der Waals surface area contributed by atoms with Crippen molar-refractivity contribution in [3.8, 4) is 0 Å². The van der Waals surface area contributed by atoms with Crippen LogP contribution in [-0.2, 0) is 13.2 Å². The van der Waals surface area contributed by atoms with Gasteiger partial charge in [-0.3, -0.25) is 0 Å². The zero-order valence-electron chi connectivity index (χ0n) is 11.5. The third-order valence-electron chi connectivity index (χ3n) is 2.59. The number of nitrogens with zero attached hydrogens (tertiary/aromatic N) is 1. The fraction of sp³-hybridized carbons (Fsp3) is 0.500. The number of hydrogen-bond acceptors (Lipinski definition) is 2. The van der Waals surface area contributed by atoms with E-state index < -0.39 is 0 Å². The lowest BCUT2D eigenvalue weighted by atomic mass is 10.1. The first-order chi connectivity index (χ1) is 9.21. The van der Waals surface area contributed by atoms with Gasteiger partial charge < -0.3 is 15.7 Å². The van der Waals surface area contributed by atoms with E-state index in [1.54, 1.807) is 12.1 Å². The van der Waals surface area contributed by atoms with Crippen LogP contribution in [0.2, 0.25) is 0 Å². The summed E-state index contributed by atoms with van der Waals surface area (Å²) < 4.78 is 13.2. The lowest BCUT2D eigenvalue weighted by Gasteiger charge is -2.10. The number of aliphatic hydroxyl groups excluding tert-OH is 1. The van der Waals surface area contributed by atoms with Gasteiger partial charge in [0.1, 0.15) is 5.82 Å². The number of aliphatic hydroxyl groups is 1. The Hall–Kier alpha value is -1.62. The molecule has 0 aromatic heterocycles. The first-order valence-corrected chi connectivity index (χ1v) is 6.61. The van der Waals surface area contributed by atoms with Gasteiger partial charge in [-0.1, -0.05) is 13.0 Å². The highest BCUT2D eigenvalue weighted by molar-refractivity contribution is 5.79. The highest BCUT2D eigenvalue weighted by Crippen LogP contribution is 2.11. The van der Waals surface area contributed by atoms with Crippen molar-refractivity contribution in [2.45, 2.75) is 33.4 Å². The molecule has 5 heteroatoms. The molecule has 106 valence electrons. The molecule has 4 nitrogen and oxygen atoms in total. The standard InChI is InChI=1S/C14H22FN3O/c1-3-7-17-14(16-4-2)18-9-11-5-6-13(15)12(8-11)10-19/h5-6,8,19H,3-4,7,9-10H2,1-2H3,(H2,16,17,18). The van der Waals surface area contributed by atoms with Crippen molar-refractivity contribution in [1.29, 1.82) is 0 Å². The summed E-state index contributed by atoms with van der Waals surface area (Å²) in [5.41, 5.74) is 1.18.